The fourth-order valence-electron chi connectivity index (χ4n) is 2.17. The van der Waals surface area contributed by atoms with E-state index in [0.717, 1.165) is 35.8 Å². The van der Waals surface area contributed by atoms with Gasteiger partial charge >= 0.3 is 0 Å². The summed E-state index contributed by atoms with van der Waals surface area (Å²) in [6.45, 7) is 4.33. The van der Waals surface area contributed by atoms with E-state index in [1.807, 2.05) is 22.7 Å². The van der Waals surface area contributed by atoms with Crippen LogP contribution in [0.3, 0.4) is 0 Å². The highest BCUT2D eigenvalue weighted by Gasteiger charge is 2.16. The molecule has 17 heavy (non-hydrogen) atoms. The summed E-state index contributed by atoms with van der Waals surface area (Å²) in [7, 11) is 1.65. The molecule has 0 fully saturated rings. The predicted molar refractivity (Wildman–Crippen MR) is 69.5 cm³/mol. The summed E-state index contributed by atoms with van der Waals surface area (Å²) in [5.41, 5.74) is 7.90. The maximum absolute atomic E-state index is 6.14. The number of hydrogen-bond acceptors (Lipinski definition) is 3. The fourth-order valence-corrected chi connectivity index (χ4v) is 2.17. The Morgan fingerprint density at radius 2 is 2.29 bits per heavy atom. The summed E-state index contributed by atoms with van der Waals surface area (Å²) in [6.07, 6.45) is 4.14. The zero-order valence-corrected chi connectivity index (χ0v) is 10.6. The molecule has 0 saturated heterocycles. The molecule has 0 aromatic carbocycles. The quantitative estimate of drug-likeness (QED) is 0.883. The Labute approximate surface area is 101 Å². The summed E-state index contributed by atoms with van der Waals surface area (Å²) in [5, 5.41) is 0. The molecule has 2 rings (SSSR count). The Kier molecular flexibility index (Phi) is 3.22. The maximum atomic E-state index is 6.14. The van der Waals surface area contributed by atoms with Gasteiger partial charge in [-0.05, 0) is 18.6 Å². The molecule has 2 aromatic rings. The van der Waals surface area contributed by atoms with Gasteiger partial charge in [0.25, 0.3) is 0 Å². The highest BCUT2D eigenvalue weighted by molar-refractivity contribution is 5.61. The molecule has 0 bridgehead atoms. The van der Waals surface area contributed by atoms with Crippen molar-refractivity contribution in [3.05, 3.63) is 24.0 Å². The molecule has 0 spiro atoms. The molecular weight excluding hydrogens is 214 g/mol. The summed E-state index contributed by atoms with van der Waals surface area (Å²) < 4.78 is 7.19. The van der Waals surface area contributed by atoms with Crippen LogP contribution in [0.2, 0.25) is 0 Å². The van der Waals surface area contributed by atoms with E-state index in [1.165, 1.54) is 0 Å². The number of pyridine rings is 1. The lowest BCUT2D eigenvalue weighted by Gasteiger charge is -2.07. The van der Waals surface area contributed by atoms with E-state index in [9.17, 15) is 0 Å². The minimum Gasteiger partial charge on any atom is -0.493 e. The van der Waals surface area contributed by atoms with Gasteiger partial charge in [0.1, 0.15) is 5.82 Å². The highest BCUT2D eigenvalue weighted by atomic mass is 16.5. The number of methoxy groups -OCH3 is 1. The lowest BCUT2D eigenvalue weighted by atomic mass is 10.0. The van der Waals surface area contributed by atoms with Gasteiger partial charge < -0.3 is 10.5 Å². The second-order valence-corrected chi connectivity index (χ2v) is 4.34. The van der Waals surface area contributed by atoms with Gasteiger partial charge in [-0.1, -0.05) is 20.3 Å². The Balaban J connectivity index is 2.56. The standard InChI is InChI=1S/C13H19N3O/c1-4-6-9(2)11-12(14)16-8-5-7-10(17-3)13(16)15-11/h5,7-9H,4,6,14H2,1-3H3. The largest absolute Gasteiger partial charge is 0.493 e. The van der Waals surface area contributed by atoms with Crippen molar-refractivity contribution in [2.75, 3.05) is 12.8 Å². The highest BCUT2D eigenvalue weighted by Crippen LogP contribution is 2.29. The number of fused-ring (bicyclic) bond motifs is 1. The van der Waals surface area contributed by atoms with Crippen LogP contribution >= 0.6 is 0 Å². The first-order chi connectivity index (χ1) is 8.19. The van der Waals surface area contributed by atoms with Crippen molar-refractivity contribution in [2.24, 2.45) is 0 Å². The van der Waals surface area contributed by atoms with Crippen LogP contribution in [0.4, 0.5) is 5.82 Å². The molecule has 0 aliphatic carbocycles. The van der Waals surface area contributed by atoms with Crippen molar-refractivity contribution in [3.8, 4) is 5.75 Å². The zero-order chi connectivity index (χ0) is 12.4. The van der Waals surface area contributed by atoms with Gasteiger partial charge in [0.05, 0.1) is 12.8 Å². The van der Waals surface area contributed by atoms with Crippen molar-refractivity contribution in [2.45, 2.75) is 32.6 Å². The molecule has 0 saturated carbocycles. The number of aromatic nitrogens is 2. The van der Waals surface area contributed by atoms with Crippen molar-refractivity contribution in [3.63, 3.8) is 0 Å². The molecular formula is C13H19N3O. The number of hydrogen-bond donors (Lipinski definition) is 1. The molecule has 2 aromatic heterocycles. The molecule has 0 aliphatic rings. The molecule has 1 unspecified atom stereocenters. The monoisotopic (exact) mass is 233 g/mol. The maximum Gasteiger partial charge on any atom is 0.181 e. The van der Waals surface area contributed by atoms with Crippen LogP contribution in [0.1, 0.15) is 38.3 Å². The molecule has 4 nitrogen and oxygen atoms in total. The van der Waals surface area contributed by atoms with Crippen molar-refractivity contribution < 1.29 is 4.74 Å². The number of nitrogen functional groups attached to an aromatic ring is 1. The van der Waals surface area contributed by atoms with Crippen LogP contribution in [0.5, 0.6) is 5.75 Å². The minimum absolute atomic E-state index is 0.379. The third kappa shape index (κ3) is 1.95. The fraction of sp³-hybridized carbons (Fsp3) is 0.462. The number of anilines is 1. The van der Waals surface area contributed by atoms with Gasteiger partial charge in [-0.25, -0.2) is 4.98 Å². The summed E-state index contributed by atoms with van der Waals surface area (Å²) in [5.74, 6) is 1.86. The van der Waals surface area contributed by atoms with E-state index >= 15 is 0 Å². The molecule has 1 atom stereocenters. The van der Waals surface area contributed by atoms with Crippen LogP contribution < -0.4 is 10.5 Å². The molecule has 2 N–H and O–H groups in total. The molecule has 0 amide bonds. The van der Waals surface area contributed by atoms with Crippen LogP contribution in [0, 0.1) is 0 Å². The van der Waals surface area contributed by atoms with Crippen molar-refractivity contribution >= 4 is 11.5 Å². The number of ether oxygens (including phenoxy) is 1. The average molecular weight is 233 g/mol. The van der Waals surface area contributed by atoms with E-state index in [4.69, 9.17) is 10.5 Å². The van der Waals surface area contributed by atoms with Crippen molar-refractivity contribution in [1.82, 2.24) is 9.38 Å². The minimum atomic E-state index is 0.379. The topological polar surface area (TPSA) is 52.5 Å². The van der Waals surface area contributed by atoms with Crippen LogP contribution in [-0.2, 0) is 0 Å². The van der Waals surface area contributed by atoms with Gasteiger partial charge in [-0.2, -0.15) is 0 Å². The molecule has 92 valence electrons. The van der Waals surface area contributed by atoms with Gasteiger partial charge in [0, 0.05) is 12.1 Å². The smallest absolute Gasteiger partial charge is 0.181 e. The van der Waals surface area contributed by atoms with Crippen LogP contribution in [0.15, 0.2) is 18.3 Å². The Hall–Kier alpha value is -1.71. The average Bonchev–Trinajstić information content (AvgIpc) is 2.67. The lowest BCUT2D eigenvalue weighted by Crippen LogP contribution is -2.00. The van der Waals surface area contributed by atoms with Crippen LogP contribution in [0.25, 0.3) is 5.65 Å². The molecule has 2 heterocycles. The van der Waals surface area contributed by atoms with Crippen molar-refractivity contribution in [1.29, 1.82) is 0 Å². The number of imidazole rings is 1. The lowest BCUT2D eigenvalue weighted by molar-refractivity contribution is 0.417. The summed E-state index contributed by atoms with van der Waals surface area (Å²) in [4.78, 5) is 4.61. The van der Waals surface area contributed by atoms with Gasteiger partial charge in [-0.15, -0.1) is 0 Å². The van der Waals surface area contributed by atoms with E-state index < -0.39 is 0 Å². The van der Waals surface area contributed by atoms with E-state index in [-0.39, 0.29) is 0 Å². The Morgan fingerprint density at radius 1 is 1.53 bits per heavy atom. The second kappa shape index (κ2) is 4.65. The molecule has 0 aliphatic heterocycles. The van der Waals surface area contributed by atoms with E-state index in [0.29, 0.717) is 5.92 Å². The first-order valence-electron chi connectivity index (χ1n) is 5.99. The number of rotatable bonds is 4. The van der Waals surface area contributed by atoms with Crippen LogP contribution in [-0.4, -0.2) is 16.5 Å². The zero-order valence-electron chi connectivity index (χ0n) is 10.6. The molecule has 0 radical (unpaired) electrons. The first kappa shape index (κ1) is 11.8. The Bertz CT molecular complexity index is 519. The summed E-state index contributed by atoms with van der Waals surface area (Å²) in [6, 6.07) is 3.81. The van der Waals surface area contributed by atoms with Gasteiger partial charge in [-0.3, -0.25) is 4.40 Å². The first-order valence-corrected chi connectivity index (χ1v) is 5.99. The normalized spacial score (nSPS) is 12.9. The van der Waals surface area contributed by atoms with Gasteiger partial charge in [0.2, 0.25) is 0 Å². The van der Waals surface area contributed by atoms with E-state index in [2.05, 4.69) is 18.8 Å². The second-order valence-electron chi connectivity index (χ2n) is 4.34. The SMILES string of the molecule is CCCC(C)c1nc2c(OC)cccn2c1N. The molecule has 4 heteroatoms. The third-order valence-electron chi connectivity index (χ3n) is 3.09. The number of nitrogens with zero attached hydrogens (tertiary/aromatic N) is 2. The summed E-state index contributed by atoms with van der Waals surface area (Å²) >= 11 is 0. The predicted octanol–water partition coefficient (Wildman–Crippen LogP) is 2.83. The number of nitrogens with two attached hydrogens (primary N) is 1. The Morgan fingerprint density at radius 3 is 2.94 bits per heavy atom. The van der Waals surface area contributed by atoms with E-state index in [1.54, 1.807) is 7.11 Å². The third-order valence-corrected chi connectivity index (χ3v) is 3.09. The van der Waals surface area contributed by atoms with Gasteiger partial charge in [0.15, 0.2) is 11.4 Å².